The Morgan fingerprint density at radius 2 is 2.31 bits per heavy atom. The number of carbonyl (C=O) groups is 1. The second-order valence-electron chi connectivity index (χ2n) is 2.13. The minimum absolute atomic E-state index is 0.0341. The lowest BCUT2D eigenvalue weighted by atomic mass is 10.2. The second kappa shape index (κ2) is 3.86. The van der Waals surface area contributed by atoms with Gasteiger partial charge in [0.25, 0.3) is 0 Å². The maximum Gasteiger partial charge on any atom is 0.335 e. The molecule has 0 atom stereocenters. The fourth-order valence-corrected chi connectivity index (χ4v) is 0.831. The van der Waals surface area contributed by atoms with Gasteiger partial charge >= 0.3 is 5.97 Å². The van der Waals surface area contributed by atoms with Gasteiger partial charge in [0.05, 0.1) is 5.56 Å². The fourth-order valence-electron chi connectivity index (χ4n) is 0.728. The SMILES string of the molecule is O=C(O)c1ccnc(C(Cl)=NO)c1. The van der Waals surface area contributed by atoms with Gasteiger partial charge in [-0.25, -0.2) is 4.79 Å². The van der Waals surface area contributed by atoms with E-state index in [1.807, 2.05) is 0 Å². The number of carboxylic acids is 1. The van der Waals surface area contributed by atoms with Crippen molar-refractivity contribution in [2.45, 2.75) is 0 Å². The molecule has 1 aromatic heterocycles. The van der Waals surface area contributed by atoms with Crippen LogP contribution in [0.1, 0.15) is 16.1 Å². The van der Waals surface area contributed by atoms with Crippen molar-refractivity contribution >= 4 is 22.7 Å². The van der Waals surface area contributed by atoms with Gasteiger partial charge in [-0.15, -0.1) is 0 Å². The summed E-state index contributed by atoms with van der Waals surface area (Å²) >= 11 is 5.41. The largest absolute Gasteiger partial charge is 0.478 e. The molecule has 1 aromatic rings. The number of oxime groups is 1. The molecule has 1 rings (SSSR count). The molecule has 68 valence electrons. The molecule has 1 heterocycles. The Bertz CT molecular complexity index is 365. The maximum absolute atomic E-state index is 10.5. The number of rotatable bonds is 2. The van der Waals surface area contributed by atoms with Crippen molar-refractivity contribution in [3.63, 3.8) is 0 Å². The van der Waals surface area contributed by atoms with Crippen LogP contribution in [0, 0.1) is 0 Å². The summed E-state index contributed by atoms with van der Waals surface area (Å²) in [6.07, 6.45) is 1.27. The molecule has 0 aromatic carbocycles. The van der Waals surface area contributed by atoms with E-state index in [4.69, 9.17) is 21.9 Å². The number of halogens is 1. The summed E-state index contributed by atoms with van der Waals surface area (Å²) in [4.78, 5) is 14.2. The van der Waals surface area contributed by atoms with Gasteiger partial charge in [0.1, 0.15) is 5.69 Å². The van der Waals surface area contributed by atoms with Gasteiger partial charge in [-0.05, 0) is 12.1 Å². The Morgan fingerprint density at radius 3 is 2.85 bits per heavy atom. The first-order valence-corrected chi connectivity index (χ1v) is 3.60. The number of nitrogens with zero attached hydrogens (tertiary/aromatic N) is 2. The predicted octanol–water partition coefficient (Wildman–Crippen LogP) is 1.15. The van der Waals surface area contributed by atoms with E-state index in [2.05, 4.69) is 10.1 Å². The Balaban J connectivity index is 3.13. The highest BCUT2D eigenvalue weighted by Crippen LogP contribution is 2.05. The van der Waals surface area contributed by atoms with Gasteiger partial charge in [-0.3, -0.25) is 4.98 Å². The van der Waals surface area contributed by atoms with E-state index in [0.717, 1.165) is 0 Å². The van der Waals surface area contributed by atoms with Crippen LogP contribution in [0.2, 0.25) is 0 Å². The summed E-state index contributed by atoms with van der Waals surface area (Å²) in [6, 6.07) is 2.53. The van der Waals surface area contributed by atoms with E-state index in [1.165, 1.54) is 18.3 Å². The molecule has 0 aliphatic carbocycles. The van der Waals surface area contributed by atoms with Gasteiger partial charge in [0.15, 0.2) is 5.17 Å². The van der Waals surface area contributed by atoms with Crippen molar-refractivity contribution < 1.29 is 15.1 Å². The summed E-state index contributed by atoms with van der Waals surface area (Å²) in [5, 5.41) is 19.3. The molecule has 2 N–H and O–H groups in total. The molecule has 13 heavy (non-hydrogen) atoms. The van der Waals surface area contributed by atoms with E-state index < -0.39 is 5.97 Å². The standard InChI is InChI=1S/C7H5ClN2O3/c8-6(10-13)5-3-4(7(11)12)1-2-9-5/h1-3,13H,(H,11,12). The summed E-state index contributed by atoms with van der Waals surface area (Å²) in [7, 11) is 0. The molecular formula is C7H5ClN2O3. The highest BCUT2D eigenvalue weighted by molar-refractivity contribution is 6.69. The van der Waals surface area contributed by atoms with Gasteiger partial charge in [0.2, 0.25) is 0 Å². The third-order valence-electron chi connectivity index (χ3n) is 1.31. The molecule has 0 spiro atoms. The number of hydrogen-bond donors (Lipinski definition) is 2. The minimum Gasteiger partial charge on any atom is -0.478 e. The third kappa shape index (κ3) is 2.16. The molecule has 0 fully saturated rings. The van der Waals surface area contributed by atoms with Crippen molar-refractivity contribution in [1.82, 2.24) is 4.98 Å². The Morgan fingerprint density at radius 1 is 1.62 bits per heavy atom. The average molecular weight is 201 g/mol. The van der Waals surface area contributed by atoms with Crippen LogP contribution >= 0.6 is 11.6 Å². The molecule has 0 aliphatic rings. The lowest BCUT2D eigenvalue weighted by Crippen LogP contribution is -2.01. The molecule has 5 nitrogen and oxygen atoms in total. The fraction of sp³-hybridized carbons (Fsp3) is 0. The van der Waals surface area contributed by atoms with Crippen LogP contribution in [-0.4, -0.2) is 26.4 Å². The van der Waals surface area contributed by atoms with E-state index in [0.29, 0.717) is 0 Å². The molecule has 0 radical (unpaired) electrons. The van der Waals surface area contributed by atoms with Crippen LogP contribution in [-0.2, 0) is 0 Å². The van der Waals surface area contributed by atoms with Gasteiger partial charge in [0, 0.05) is 6.20 Å². The maximum atomic E-state index is 10.5. The smallest absolute Gasteiger partial charge is 0.335 e. The molecule has 0 bridgehead atoms. The zero-order valence-electron chi connectivity index (χ0n) is 6.31. The highest BCUT2D eigenvalue weighted by atomic mass is 35.5. The van der Waals surface area contributed by atoms with Crippen LogP contribution in [0.3, 0.4) is 0 Å². The average Bonchev–Trinajstić information content (AvgIpc) is 2.17. The quantitative estimate of drug-likeness (QED) is 0.426. The Kier molecular flexibility index (Phi) is 2.81. The number of carboxylic acid groups (broad SMARTS) is 1. The lowest BCUT2D eigenvalue weighted by Gasteiger charge is -1.96. The van der Waals surface area contributed by atoms with E-state index >= 15 is 0 Å². The third-order valence-corrected chi connectivity index (χ3v) is 1.58. The van der Waals surface area contributed by atoms with Gasteiger partial charge in [-0.1, -0.05) is 16.8 Å². The molecule has 0 amide bonds. The van der Waals surface area contributed by atoms with Crippen molar-refractivity contribution in [3.8, 4) is 0 Å². The zero-order chi connectivity index (χ0) is 9.84. The number of aromatic carboxylic acids is 1. The van der Waals surface area contributed by atoms with Crippen LogP contribution in [0.4, 0.5) is 0 Å². The van der Waals surface area contributed by atoms with Gasteiger partial charge in [-0.2, -0.15) is 0 Å². The Hall–Kier alpha value is -1.62. The van der Waals surface area contributed by atoms with Crippen LogP contribution in [0.25, 0.3) is 0 Å². The first-order chi connectivity index (χ1) is 6.15. The minimum atomic E-state index is -1.09. The van der Waals surface area contributed by atoms with Crippen molar-refractivity contribution in [1.29, 1.82) is 0 Å². The second-order valence-corrected chi connectivity index (χ2v) is 2.48. The molecule has 0 unspecified atom stereocenters. The van der Waals surface area contributed by atoms with Crippen LogP contribution in [0.5, 0.6) is 0 Å². The molecular weight excluding hydrogens is 196 g/mol. The monoisotopic (exact) mass is 200 g/mol. The highest BCUT2D eigenvalue weighted by Gasteiger charge is 2.07. The van der Waals surface area contributed by atoms with Crippen molar-refractivity contribution in [2.75, 3.05) is 0 Å². The topological polar surface area (TPSA) is 82.8 Å². The van der Waals surface area contributed by atoms with Crippen LogP contribution < -0.4 is 0 Å². The van der Waals surface area contributed by atoms with Crippen molar-refractivity contribution in [2.24, 2.45) is 5.16 Å². The first kappa shape index (κ1) is 9.47. The van der Waals surface area contributed by atoms with E-state index in [9.17, 15) is 4.79 Å². The molecule has 0 aliphatic heterocycles. The number of aromatic nitrogens is 1. The molecule has 0 saturated carbocycles. The van der Waals surface area contributed by atoms with Gasteiger partial charge < -0.3 is 10.3 Å². The normalized spacial score (nSPS) is 11.3. The summed E-state index contributed by atoms with van der Waals surface area (Å²) in [5.74, 6) is -1.09. The number of pyridine rings is 1. The first-order valence-electron chi connectivity index (χ1n) is 3.22. The number of hydrogen-bond acceptors (Lipinski definition) is 4. The zero-order valence-corrected chi connectivity index (χ0v) is 7.06. The summed E-state index contributed by atoms with van der Waals surface area (Å²) < 4.78 is 0. The summed E-state index contributed by atoms with van der Waals surface area (Å²) in [5.41, 5.74) is 0.149. The summed E-state index contributed by atoms with van der Waals surface area (Å²) in [6.45, 7) is 0. The molecule has 0 saturated heterocycles. The van der Waals surface area contributed by atoms with E-state index in [-0.39, 0.29) is 16.4 Å². The van der Waals surface area contributed by atoms with E-state index in [1.54, 1.807) is 0 Å². The molecule has 6 heteroatoms. The Labute approximate surface area is 78.3 Å². The predicted molar refractivity (Wildman–Crippen MR) is 45.4 cm³/mol. The van der Waals surface area contributed by atoms with Crippen molar-refractivity contribution in [3.05, 3.63) is 29.6 Å². The lowest BCUT2D eigenvalue weighted by molar-refractivity contribution is 0.0696. The van der Waals surface area contributed by atoms with Crippen LogP contribution in [0.15, 0.2) is 23.5 Å².